The minimum Gasteiger partial charge on any atom is -0.409 e. The fourth-order valence-corrected chi connectivity index (χ4v) is 1.89. The van der Waals surface area contributed by atoms with Gasteiger partial charge in [-0.15, -0.1) is 0 Å². The maximum Gasteiger partial charge on any atom is 0.147 e. The fraction of sp³-hybridized carbons (Fsp3) is 0.364. The van der Waals surface area contributed by atoms with Crippen molar-refractivity contribution < 1.29 is 9.60 Å². The summed E-state index contributed by atoms with van der Waals surface area (Å²) in [6, 6.07) is 4.67. The molecule has 0 saturated heterocycles. The highest BCUT2D eigenvalue weighted by Crippen LogP contribution is 2.26. The standard InChI is InChI=1S/C11H15BrFN3O/c1-2-7(6-10(14)16-17)15-11-8(12)4-3-5-9(11)13/h3-5,7,15,17H,2,6H2,1H3,(H2,14,16). The van der Waals surface area contributed by atoms with E-state index in [9.17, 15) is 4.39 Å². The van der Waals surface area contributed by atoms with Crippen LogP contribution in [0.25, 0.3) is 0 Å². The third kappa shape index (κ3) is 3.89. The molecule has 6 heteroatoms. The van der Waals surface area contributed by atoms with Gasteiger partial charge in [-0.1, -0.05) is 18.1 Å². The minimum atomic E-state index is -0.336. The Labute approximate surface area is 108 Å². The molecule has 1 aromatic rings. The third-order valence-corrected chi connectivity index (χ3v) is 3.05. The van der Waals surface area contributed by atoms with Crippen molar-refractivity contribution in [2.24, 2.45) is 10.9 Å². The Kier molecular flexibility index (Phi) is 5.21. The zero-order valence-corrected chi connectivity index (χ0v) is 11.0. The van der Waals surface area contributed by atoms with Gasteiger partial charge < -0.3 is 16.3 Å². The highest BCUT2D eigenvalue weighted by molar-refractivity contribution is 9.10. The molecule has 1 rings (SSSR count). The maximum absolute atomic E-state index is 13.6. The number of hydrogen-bond donors (Lipinski definition) is 3. The van der Waals surface area contributed by atoms with Crippen LogP contribution < -0.4 is 11.1 Å². The molecule has 0 spiro atoms. The summed E-state index contributed by atoms with van der Waals surface area (Å²) in [4.78, 5) is 0. The molecule has 0 aliphatic carbocycles. The van der Waals surface area contributed by atoms with E-state index in [1.54, 1.807) is 12.1 Å². The van der Waals surface area contributed by atoms with E-state index in [4.69, 9.17) is 10.9 Å². The van der Waals surface area contributed by atoms with Crippen molar-refractivity contribution in [3.63, 3.8) is 0 Å². The molecule has 0 bridgehead atoms. The Morgan fingerprint density at radius 3 is 2.88 bits per heavy atom. The first-order valence-corrected chi connectivity index (χ1v) is 6.04. The van der Waals surface area contributed by atoms with Gasteiger partial charge in [-0.25, -0.2) is 4.39 Å². The van der Waals surface area contributed by atoms with Crippen LogP contribution in [0, 0.1) is 5.82 Å². The van der Waals surface area contributed by atoms with Crippen LogP contribution in [0.4, 0.5) is 10.1 Å². The molecule has 94 valence electrons. The first-order chi connectivity index (χ1) is 8.08. The maximum atomic E-state index is 13.6. The van der Waals surface area contributed by atoms with Gasteiger partial charge in [0.25, 0.3) is 0 Å². The van der Waals surface area contributed by atoms with Gasteiger partial charge in [0.1, 0.15) is 11.7 Å². The molecule has 0 heterocycles. The zero-order chi connectivity index (χ0) is 12.8. The van der Waals surface area contributed by atoms with Crippen molar-refractivity contribution in [2.45, 2.75) is 25.8 Å². The topological polar surface area (TPSA) is 70.6 Å². The fourth-order valence-electron chi connectivity index (χ4n) is 1.43. The Bertz CT molecular complexity index is 391. The molecule has 0 radical (unpaired) electrons. The smallest absolute Gasteiger partial charge is 0.147 e. The molecule has 0 aliphatic heterocycles. The van der Waals surface area contributed by atoms with Gasteiger partial charge in [0.05, 0.1) is 5.69 Å². The number of anilines is 1. The Morgan fingerprint density at radius 2 is 2.35 bits per heavy atom. The lowest BCUT2D eigenvalue weighted by molar-refractivity contribution is 0.316. The average molecular weight is 304 g/mol. The molecule has 17 heavy (non-hydrogen) atoms. The van der Waals surface area contributed by atoms with Crippen molar-refractivity contribution in [1.82, 2.24) is 0 Å². The number of nitrogens with one attached hydrogen (secondary N) is 1. The summed E-state index contributed by atoms with van der Waals surface area (Å²) in [5.41, 5.74) is 5.83. The van der Waals surface area contributed by atoms with E-state index in [1.807, 2.05) is 6.92 Å². The van der Waals surface area contributed by atoms with E-state index in [-0.39, 0.29) is 17.7 Å². The number of nitrogens with two attached hydrogens (primary N) is 1. The molecule has 4 N–H and O–H groups in total. The lowest BCUT2D eigenvalue weighted by Crippen LogP contribution is -2.27. The van der Waals surface area contributed by atoms with Gasteiger partial charge >= 0.3 is 0 Å². The SMILES string of the molecule is CCC(C/C(N)=N/O)Nc1c(F)cccc1Br. The van der Waals surface area contributed by atoms with Gasteiger partial charge in [-0.2, -0.15) is 0 Å². The van der Waals surface area contributed by atoms with Crippen LogP contribution in [0.1, 0.15) is 19.8 Å². The first-order valence-electron chi connectivity index (χ1n) is 5.25. The molecule has 1 unspecified atom stereocenters. The number of amidine groups is 1. The monoisotopic (exact) mass is 303 g/mol. The number of oxime groups is 1. The summed E-state index contributed by atoms with van der Waals surface area (Å²) < 4.78 is 14.2. The highest BCUT2D eigenvalue weighted by atomic mass is 79.9. The average Bonchev–Trinajstić information content (AvgIpc) is 2.32. The van der Waals surface area contributed by atoms with Crippen LogP contribution in [-0.4, -0.2) is 17.1 Å². The molecule has 0 amide bonds. The largest absolute Gasteiger partial charge is 0.409 e. The summed E-state index contributed by atoms with van der Waals surface area (Å²) in [5.74, 6) is -0.214. The van der Waals surface area contributed by atoms with E-state index in [0.717, 1.165) is 6.42 Å². The molecule has 1 atom stereocenters. The van der Waals surface area contributed by atoms with Crippen LogP contribution in [0.3, 0.4) is 0 Å². The molecule has 0 aromatic heterocycles. The van der Waals surface area contributed by atoms with E-state index in [1.165, 1.54) is 6.07 Å². The predicted octanol–water partition coefficient (Wildman–Crippen LogP) is 2.92. The third-order valence-electron chi connectivity index (χ3n) is 2.39. The molecule has 4 nitrogen and oxygen atoms in total. The second-order valence-corrected chi connectivity index (χ2v) is 4.50. The normalized spacial score (nSPS) is 13.5. The van der Waals surface area contributed by atoms with Crippen LogP contribution in [0.15, 0.2) is 27.8 Å². The summed E-state index contributed by atoms with van der Waals surface area (Å²) in [6.07, 6.45) is 1.09. The minimum absolute atomic E-state index is 0.0842. The summed E-state index contributed by atoms with van der Waals surface area (Å²) >= 11 is 3.27. The van der Waals surface area contributed by atoms with Crippen molar-refractivity contribution in [3.8, 4) is 0 Å². The van der Waals surface area contributed by atoms with Gasteiger partial charge in [0.15, 0.2) is 0 Å². The number of halogens is 2. The molecule has 0 aliphatic rings. The lowest BCUT2D eigenvalue weighted by Gasteiger charge is -2.19. The van der Waals surface area contributed by atoms with E-state index in [2.05, 4.69) is 26.4 Å². The summed E-state index contributed by atoms with van der Waals surface area (Å²) in [5, 5.41) is 14.5. The Hall–Kier alpha value is -1.30. The van der Waals surface area contributed by atoms with E-state index in [0.29, 0.717) is 16.6 Å². The molecule has 0 saturated carbocycles. The first kappa shape index (κ1) is 13.8. The summed E-state index contributed by atoms with van der Waals surface area (Å²) in [7, 11) is 0. The molecule has 1 aromatic carbocycles. The van der Waals surface area contributed by atoms with Crippen LogP contribution in [0.5, 0.6) is 0 Å². The van der Waals surface area contributed by atoms with Crippen molar-refractivity contribution in [3.05, 3.63) is 28.5 Å². The van der Waals surface area contributed by atoms with Gasteiger partial charge in [0.2, 0.25) is 0 Å². The van der Waals surface area contributed by atoms with Gasteiger partial charge in [-0.3, -0.25) is 0 Å². The summed E-state index contributed by atoms with van der Waals surface area (Å²) in [6.45, 7) is 1.94. The zero-order valence-electron chi connectivity index (χ0n) is 9.45. The van der Waals surface area contributed by atoms with Gasteiger partial charge in [-0.05, 0) is 34.5 Å². The molecule has 0 fully saturated rings. The highest BCUT2D eigenvalue weighted by Gasteiger charge is 2.13. The Morgan fingerprint density at radius 1 is 1.65 bits per heavy atom. The second kappa shape index (κ2) is 6.44. The quantitative estimate of drug-likeness (QED) is 0.339. The number of rotatable bonds is 5. The predicted molar refractivity (Wildman–Crippen MR) is 69.8 cm³/mol. The van der Waals surface area contributed by atoms with Crippen molar-refractivity contribution in [1.29, 1.82) is 0 Å². The molecular weight excluding hydrogens is 289 g/mol. The Balaban J connectivity index is 2.80. The van der Waals surface area contributed by atoms with E-state index >= 15 is 0 Å². The van der Waals surface area contributed by atoms with Crippen molar-refractivity contribution >= 4 is 27.5 Å². The number of hydrogen-bond acceptors (Lipinski definition) is 3. The number of para-hydroxylation sites is 1. The number of nitrogens with zero attached hydrogens (tertiary/aromatic N) is 1. The molecular formula is C11H15BrFN3O. The van der Waals surface area contributed by atoms with Crippen molar-refractivity contribution in [2.75, 3.05) is 5.32 Å². The van der Waals surface area contributed by atoms with Crippen LogP contribution in [0.2, 0.25) is 0 Å². The van der Waals surface area contributed by atoms with E-state index < -0.39 is 0 Å². The van der Waals surface area contributed by atoms with Gasteiger partial charge in [0, 0.05) is 16.9 Å². The lowest BCUT2D eigenvalue weighted by atomic mass is 10.1. The van der Waals surface area contributed by atoms with Crippen LogP contribution >= 0.6 is 15.9 Å². The number of benzene rings is 1. The second-order valence-electron chi connectivity index (χ2n) is 3.64. The van der Waals surface area contributed by atoms with Crippen LogP contribution in [-0.2, 0) is 0 Å².